The number of nitrogens with one attached hydrogen (secondary N) is 1. The Morgan fingerprint density at radius 1 is 0.846 bits per heavy atom. The van der Waals surface area contributed by atoms with E-state index in [1.165, 1.54) is 0 Å². The van der Waals surface area contributed by atoms with Gasteiger partial charge >= 0.3 is 12.4 Å². The molecule has 0 aliphatic carbocycles. The van der Waals surface area contributed by atoms with Crippen molar-refractivity contribution in [2.75, 3.05) is 5.43 Å². The topological polar surface area (TPSA) is 24.4 Å². The van der Waals surface area contributed by atoms with Crippen molar-refractivity contribution in [3.8, 4) is 0 Å². The fourth-order valence-electron chi connectivity index (χ4n) is 1.83. The first-order chi connectivity index (χ1) is 11.9. The number of alkyl halides is 6. The average Bonchev–Trinajstić information content (AvgIpc) is 2.49. The van der Waals surface area contributed by atoms with Gasteiger partial charge in [-0.2, -0.15) is 31.4 Å². The van der Waals surface area contributed by atoms with Crippen molar-refractivity contribution in [3.63, 3.8) is 0 Å². The first kappa shape index (κ1) is 20.3. The second kappa shape index (κ2) is 7.32. The van der Waals surface area contributed by atoms with Gasteiger partial charge in [-0.1, -0.05) is 23.2 Å². The molecule has 0 radical (unpaired) electrons. The van der Waals surface area contributed by atoms with Crippen LogP contribution < -0.4 is 5.43 Å². The van der Waals surface area contributed by atoms with E-state index in [0.717, 1.165) is 6.21 Å². The van der Waals surface area contributed by atoms with Gasteiger partial charge in [-0.25, -0.2) is 4.39 Å². The Kier molecular flexibility index (Phi) is 5.72. The van der Waals surface area contributed by atoms with Gasteiger partial charge in [0.25, 0.3) is 0 Å². The van der Waals surface area contributed by atoms with Crippen LogP contribution in [0.1, 0.15) is 16.7 Å². The first-order valence-electron chi connectivity index (χ1n) is 6.61. The van der Waals surface area contributed by atoms with Gasteiger partial charge in [0.05, 0.1) is 33.1 Å². The molecular formula is C15H7Cl2F7N2. The highest BCUT2D eigenvalue weighted by molar-refractivity contribution is 6.39. The van der Waals surface area contributed by atoms with Crippen molar-refractivity contribution in [2.45, 2.75) is 12.4 Å². The third-order valence-electron chi connectivity index (χ3n) is 3.07. The molecular weight excluding hydrogens is 412 g/mol. The Labute approximate surface area is 152 Å². The summed E-state index contributed by atoms with van der Waals surface area (Å²) in [4.78, 5) is 0. The Hall–Kier alpha value is -2.00. The van der Waals surface area contributed by atoms with Gasteiger partial charge in [0.15, 0.2) is 0 Å². The minimum Gasteiger partial charge on any atom is -0.275 e. The molecule has 0 aliphatic heterocycles. The van der Waals surface area contributed by atoms with E-state index in [2.05, 4.69) is 10.5 Å². The highest BCUT2D eigenvalue weighted by Crippen LogP contribution is 2.38. The van der Waals surface area contributed by atoms with E-state index in [1.54, 1.807) is 0 Å². The molecule has 26 heavy (non-hydrogen) atoms. The van der Waals surface area contributed by atoms with Gasteiger partial charge in [0.2, 0.25) is 0 Å². The molecule has 2 rings (SSSR count). The molecule has 0 saturated carbocycles. The predicted octanol–water partition coefficient (Wildman–Crippen LogP) is 6.62. The van der Waals surface area contributed by atoms with E-state index in [1.807, 2.05) is 0 Å². The van der Waals surface area contributed by atoms with Crippen molar-refractivity contribution >= 4 is 35.1 Å². The maximum Gasteiger partial charge on any atom is 0.416 e. The maximum absolute atomic E-state index is 13.6. The third-order valence-corrected chi connectivity index (χ3v) is 3.67. The molecule has 0 heterocycles. The van der Waals surface area contributed by atoms with Gasteiger partial charge in [-0.3, -0.25) is 5.43 Å². The van der Waals surface area contributed by atoms with Crippen molar-refractivity contribution in [1.29, 1.82) is 0 Å². The number of halogens is 9. The lowest BCUT2D eigenvalue weighted by Gasteiger charge is -2.11. The van der Waals surface area contributed by atoms with Crippen LogP contribution in [-0.2, 0) is 12.4 Å². The molecule has 2 aromatic carbocycles. The van der Waals surface area contributed by atoms with Crippen LogP contribution in [0.4, 0.5) is 36.4 Å². The van der Waals surface area contributed by atoms with Crippen LogP contribution in [0.3, 0.4) is 0 Å². The lowest BCUT2D eigenvalue weighted by Crippen LogP contribution is -2.07. The molecule has 0 aliphatic rings. The van der Waals surface area contributed by atoms with Crippen LogP contribution in [0.2, 0.25) is 10.0 Å². The summed E-state index contributed by atoms with van der Waals surface area (Å²) in [7, 11) is 0. The van der Waals surface area contributed by atoms with E-state index < -0.39 is 44.9 Å². The number of hydrogen-bond acceptors (Lipinski definition) is 2. The Morgan fingerprint density at radius 2 is 1.38 bits per heavy atom. The summed E-state index contributed by atoms with van der Waals surface area (Å²) in [5, 5.41) is 2.63. The Balaban J connectivity index is 2.27. The smallest absolute Gasteiger partial charge is 0.275 e. The van der Waals surface area contributed by atoms with E-state index >= 15 is 0 Å². The molecule has 0 fully saturated rings. The van der Waals surface area contributed by atoms with Crippen molar-refractivity contribution in [3.05, 3.63) is 62.9 Å². The second-order valence-corrected chi connectivity index (χ2v) is 5.73. The second-order valence-electron chi connectivity index (χ2n) is 4.92. The SMILES string of the molecule is Fc1ccc(C(F)(F)F)cc1/C=N\Nc1c(Cl)cc(C(F)(F)F)cc1Cl. The van der Waals surface area contributed by atoms with Crippen LogP contribution in [0.25, 0.3) is 0 Å². The summed E-state index contributed by atoms with van der Waals surface area (Å²) in [6.07, 6.45) is -8.63. The van der Waals surface area contributed by atoms with Gasteiger partial charge in [0.1, 0.15) is 5.82 Å². The van der Waals surface area contributed by atoms with Crippen LogP contribution in [-0.4, -0.2) is 6.21 Å². The molecule has 0 bridgehead atoms. The number of hydrazone groups is 1. The average molecular weight is 419 g/mol. The number of rotatable bonds is 3. The summed E-state index contributed by atoms with van der Waals surface area (Å²) < 4.78 is 89.3. The molecule has 2 nitrogen and oxygen atoms in total. The zero-order chi connectivity index (χ0) is 19.7. The van der Waals surface area contributed by atoms with E-state index in [-0.39, 0.29) is 5.69 Å². The van der Waals surface area contributed by atoms with Gasteiger partial charge in [-0.05, 0) is 30.3 Å². The largest absolute Gasteiger partial charge is 0.416 e. The lowest BCUT2D eigenvalue weighted by atomic mass is 10.1. The number of nitrogens with zero attached hydrogens (tertiary/aromatic N) is 1. The van der Waals surface area contributed by atoms with Crippen LogP contribution in [0, 0.1) is 5.82 Å². The molecule has 1 N–H and O–H groups in total. The predicted molar refractivity (Wildman–Crippen MR) is 84.1 cm³/mol. The van der Waals surface area contributed by atoms with Gasteiger partial charge in [-0.15, -0.1) is 0 Å². The molecule has 11 heteroatoms. The fourth-order valence-corrected chi connectivity index (χ4v) is 2.40. The summed E-state index contributed by atoms with van der Waals surface area (Å²) >= 11 is 11.4. The summed E-state index contributed by atoms with van der Waals surface area (Å²) in [6.45, 7) is 0. The molecule has 0 saturated heterocycles. The molecule has 0 atom stereocenters. The van der Waals surface area contributed by atoms with Crippen LogP contribution in [0.15, 0.2) is 35.4 Å². The van der Waals surface area contributed by atoms with Crippen LogP contribution in [0.5, 0.6) is 0 Å². The molecule has 0 amide bonds. The normalized spacial score (nSPS) is 12.7. The molecule has 2 aromatic rings. The molecule has 0 aromatic heterocycles. The minimum absolute atomic E-state index is 0.218. The van der Waals surface area contributed by atoms with Crippen LogP contribution >= 0.6 is 23.2 Å². The van der Waals surface area contributed by atoms with Crippen molar-refractivity contribution < 1.29 is 30.7 Å². The fraction of sp³-hybridized carbons (Fsp3) is 0.133. The number of benzene rings is 2. The summed E-state index contributed by atoms with van der Waals surface area (Å²) in [5.41, 5.74) is -0.711. The van der Waals surface area contributed by atoms with Gasteiger partial charge in [0, 0.05) is 5.56 Å². The zero-order valence-corrected chi connectivity index (χ0v) is 13.8. The maximum atomic E-state index is 13.6. The van der Waals surface area contributed by atoms with Gasteiger partial charge < -0.3 is 0 Å². The number of anilines is 1. The third kappa shape index (κ3) is 4.79. The summed E-state index contributed by atoms with van der Waals surface area (Å²) in [5.74, 6) is -0.979. The Morgan fingerprint density at radius 3 is 1.88 bits per heavy atom. The molecule has 140 valence electrons. The van der Waals surface area contributed by atoms with Crippen molar-refractivity contribution in [1.82, 2.24) is 0 Å². The molecule has 0 spiro atoms. The first-order valence-corrected chi connectivity index (χ1v) is 7.37. The quantitative estimate of drug-likeness (QED) is 0.338. The highest BCUT2D eigenvalue weighted by atomic mass is 35.5. The zero-order valence-electron chi connectivity index (χ0n) is 12.3. The van der Waals surface area contributed by atoms with Crippen molar-refractivity contribution in [2.24, 2.45) is 5.10 Å². The van der Waals surface area contributed by atoms with E-state index in [4.69, 9.17) is 23.2 Å². The van der Waals surface area contributed by atoms with E-state index in [9.17, 15) is 30.7 Å². The Bertz CT molecular complexity index is 822. The lowest BCUT2D eigenvalue weighted by molar-refractivity contribution is -0.138. The molecule has 0 unspecified atom stereocenters. The standard InChI is InChI=1S/C15H7Cl2F7N2/c16-10-4-9(15(22,23)24)5-11(17)13(10)26-25-6-7-3-8(14(19,20)21)1-2-12(7)18/h1-6,26H/b25-6-. The highest BCUT2D eigenvalue weighted by Gasteiger charge is 2.32. The minimum atomic E-state index is -4.68. The van der Waals surface area contributed by atoms with E-state index in [0.29, 0.717) is 30.3 Å². The monoisotopic (exact) mass is 418 g/mol. The number of hydrogen-bond donors (Lipinski definition) is 1. The summed E-state index contributed by atoms with van der Waals surface area (Å²) in [6, 6.07) is 2.88.